The molecule has 3 rings (SSSR count). The molecular weight excluding hydrogens is 373 g/mol. The van der Waals surface area contributed by atoms with Crippen molar-refractivity contribution in [2.45, 2.75) is 50.9 Å². The quantitative estimate of drug-likeness (QED) is 0.811. The van der Waals surface area contributed by atoms with E-state index in [-0.39, 0.29) is 17.8 Å². The predicted octanol–water partition coefficient (Wildman–Crippen LogP) is 2.02. The Hall–Kier alpha value is -1.87. The van der Waals surface area contributed by atoms with Crippen LogP contribution >= 0.6 is 0 Å². The third-order valence-electron chi connectivity index (χ3n) is 6.10. The summed E-state index contributed by atoms with van der Waals surface area (Å²) in [6, 6.07) is 1.86. The van der Waals surface area contributed by atoms with Gasteiger partial charge in [-0.15, -0.1) is 0 Å². The molecule has 2 fully saturated rings. The Balaban J connectivity index is 1.71. The summed E-state index contributed by atoms with van der Waals surface area (Å²) in [5.41, 5.74) is 3.18. The van der Waals surface area contributed by atoms with Crippen LogP contribution in [-0.2, 0) is 11.0 Å². The van der Waals surface area contributed by atoms with E-state index in [0.717, 1.165) is 18.3 Å². The zero-order valence-electron chi connectivity index (χ0n) is 16.2. The van der Waals surface area contributed by atoms with E-state index in [9.17, 15) is 23.1 Å². The summed E-state index contributed by atoms with van der Waals surface area (Å²) in [4.78, 5) is 20.8. The van der Waals surface area contributed by atoms with Crippen LogP contribution < -0.4 is 10.6 Å². The summed E-state index contributed by atoms with van der Waals surface area (Å²) in [6.45, 7) is 4.78. The third-order valence-corrected chi connectivity index (χ3v) is 6.10. The Morgan fingerprint density at radius 2 is 1.93 bits per heavy atom. The van der Waals surface area contributed by atoms with Crippen molar-refractivity contribution in [3.63, 3.8) is 0 Å². The number of pyridine rings is 1. The molecule has 1 saturated heterocycles. The molecule has 0 radical (unpaired) electrons. The predicted molar refractivity (Wildman–Crippen MR) is 98.6 cm³/mol. The molecule has 0 bridgehead atoms. The van der Waals surface area contributed by atoms with Gasteiger partial charge in [-0.05, 0) is 45.2 Å². The van der Waals surface area contributed by atoms with Gasteiger partial charge >= 0.3 is 6.18 Å². The molecule has 9 heteroatoms. The number of amides is 1. The fourth-order valence-electron chi connectivity index (χ4n) is 4.30. The van der Waals surface area contributed by atoms with Gasteiger partial charge in [-0.2, -0.15) is 13.2 Å². The minimum absolute atomic E-state index is 0.119. The molecule has 2 unspecified atom stereocenters. The second-order valence-corrected chi connectivity index (χ2v) is 8.32. The van der Waals surface area contributed by atoms with Crippen molar-refractivity contribution in [3.05, 3.63) is 23.9 Å². The molecule has 3 N–H and O–H groups in total. The van der Waals surface area contributed by atoms with Gasteiger partial charge in [-0.1, -0.05) is 0 Å². The Morgan fingerprint density at radius 1 is 1.29 bits per heavy atom. The van der Waals surface area contributed by atoms with Crippen LogP contribution in [0, 0.1) is 5.41 Å². The number of piperazine rings is 1. The first-order valence-electron chi connectivity index (χ1n) is 9.49. The molecule has 1 aliphatic carbocycles. The van der Waals surface area contributed by atoms with Crippen LogP contribution in [0.3, 0.4) is 0 Å². The van der Waals surface area contributed by atoms with Gasteiger partial charge in [-0.3, -0.25) is 4.79 Å². The number of aliphatic hydroxyl groups is 1. The van der Waals surface area contributed by atoms with Crippen molar-refractivity contribution in [2.24, 2.45) is 11.1 Å². The zero-order valence-corrected chi connectivity index (χ0v) is 16.2. The van der Waals surface area contributed by atoms with Crippen LogP contribution in [-0.4, -0.2) is 58.7 Å². The highest BCUT2D eigenvalue weighted by Gasteiger charge is 2.55. The highest BCUT2D eigenvalue weighted by Crippen LogP contribution is 2.47. The molecule has 1 saturated carbocycles. The molecule has 28 heavy (non-hydrogen) atoms. The lowest BCUT2D eigenvalue weighted by molar-refractivity contribution is -0.158. The van der Waals surface area contributed by atoms with Crippen LogP contribution in [0.1, 0.15) is 38.7 Å². The number of nitrogens with two attached hydrogens (primary N) is 1. The number of carbonyl (C=O) groups excluding carboxylic acids is 1. The first-order chi connectivity index (χ1) is 12.9. The molecule has 2 heterocycles. The lowest BCUT2D eigenvalue weighted by Gasteiger charge is -2.45. The van der Waals surface area contributed by atoms with E-state index in [1.54, 1.807) is 23.6 Å². The smallest absolute Gasteiger partial charge is 0.389 e. The van der Waals surface area contributed by atoms with E-state index in [1.807, 2.05) is 0 Å². The number of halogens is 3. The summed E-state index contributed by atoms with van der Waals surface area (Å²) < 4.78 is 38.8. The molecule has 1 aromatic rings. The molecule has 1 aromatic heterocycles. The minimum Gasteiger partial charge on any atom is -0.389 e. The molecule has 6 nitrogen and oxygen atoms in total. The summed E-state index contributed by atoms with van der Waals surface area (Å²) in [5.74, 6) is 0.131. The summed E-state index contributed by atoms with van der Waals surface area (Å²) in [5, 5.41) is 10.7. The SMILES string of the molecule is CC(C)(O)C1(C(=O)N2CCN(c3cc(C(F)(F)F)ccn3)CC2)CCC(N)C1. The molecule has 1 amide bonds. The first-order valence-corrected chi connectivity index (χ1v) is 9.49. The molecule has 2 aliphatic rings. The Morgan fingerprint density at radius 3 is 2.43 bits per heavy atom. The maximum Gasteiger partial charge on any atom is 0.416 e. The summed E-state index contributed by atoms with van der Waals surface area (Å²) in [7, 11) is 0. The van der Waals surface area contributed by atoms with Crippen LogP contribution in [0.25, 0.3) is 0 Å². The van der Waals surface area contributed by atoms with Crippen molar-refractivity contribution >= 4 is 11.7 Å². The van der Waals surface area contributed by atoms with E-state index in [0.29, 0.717) is 45.4 Å². The highest BCUT2D eigenvalue weighted by atomic mass is 19.4. The normalized spacial score (nSPS) is 26.6. The molecule has 1 aliphatic heterocycles. The van der Waals surface area contributed by atoms with Crippen LogP contribution in [0.15, 0.2) is 18.3 Å². The van der Waals surface area contributed by atoms with Crippen molar-refractivity contribution in [2.75, 3.05) is 31.1 Å². The van der Waals surface area contributed by atoms with Gasteiger partial charge in [0.25, 0.3) is 0 Å². The topological polar surface area (TPSA) is 82.7 Å². The van der Waals surface area contributed by atoms with Crippen LogP contribution in [0.5, 0.6) is 0 Å². The van der Waals surface area contributed by atoms with Gasteiger partial charge in [-0.25, -0.2) is 4.98 Å². The number of hydrogen-bond acceptors (Lipinski definition) is 5. The molecule has 156 valence electrons. The van der Waals surface area contributed by atoms with E-state index in [1.165, 1.54) is 0 Å². The van der Waals surface area contributed by atoms with Gasteiger partial charge in [0.1, 0.15) is 5.82 Å². The Labute approximate surface area is 162 Å². The minimum atomic E-state index is -4.42. The van der Waals surface area contributed by atoms with Crippen molar-refractivity contribution in [3.8, 4) is 0 Å². The van der Waals surface area contributed by atoms with Crippen molar-refractivity contribution in [1.82, 2.24) is 9.88 Å². The van der Waals surface area contributed by atoms with Gasteiger partial charge in [0.15, 0.2) is 0 Å². The van der Waals surface area contributed by atoms with Gasteiger partial charge in [0, 0.05) is 38.4 Å². The van der Waals surface area contributed by atoms with Gasteiger partial charge < -0.3 is 20.6 Å². The average molecular weight is 400 g/mol. The maximum absolute atomic E-state index is 13.3. The number of nitrogens with zero attached hydrogens (tertiary/aromatic N) is 3. The largest absolute Gasteiger partial charge is 0.416 e. The van der Waals surface area contributed by atoms with Crippen molar-refractivity contribution in [1.29, 1.82) is 0 Å². The fourth-order valence-corrected chi connectivity index (χ4v) is 4.30. The molecule has 2 atom stereocenters. The fraction of sp³-hybridized carbons (Fsp3) is 0.684. The Kier molecular flexibility index (Phi) is 5.35. The van der Waals surface area contributed by atoms with Gasteiger partial charge in [0.05, 0.1) is 16.6 Å². The number of carbonyl (C=O) groups is 1. The van der Waals surface area contributed by atoms with Crippen LogP contribution in [0.4, 0.5) is 19.0 Å². The highest BCUT2D eigenvalue weighted by molar-refractivity contribution is 5.85. The molecule has 0 spiro atoms. The van der Waals surface area contributed by atoms with E-state index < -0.39 is 22.8 Å². The van der Waals surface area contributed by atoms with Crippen LogP contribution in [0.2, 0.25) is 0 Å². The third kappa shape index (κ3) is 3.82. The van der Waals surface area contributed by atoms with Gasteiger partial charge in [0.2, 0.25) is 5.91 Å². The second kappa shape index (κ2) is 7.18. The standard InChI is InChI=1S/C19H27F3N4O2/c1-17(2,28)18(5-3-14(23)12-18)16(27)26-9-7-25(8-10-26)15-11-13(4-6-24-15)19(20,21)22/h4,6,11,14,28H,3,5,7-10,12,23H2,1-2H3. The van der Waals surface area contributed by atoms with Crippen molar-refractivity contribution < 1.29 is 23.1 Å². The lowest BCUT2D eigenvalue weighted by atomic mass is 9.71. The van der Waals surface area contributed by atoms with E-state index >= 15 is 0 Å². The van der Waals surface area contributed by atoms with E-state index in [2.05, 4.69) is 4.98 Å². The average Bonchev–Trinajstić information content (AvgIpc) is 3.04. The number of rotatable bonds is 3. The zero-order chi connectivity index (χ0) is 20.7. The lowest BCUT2D eigenvalue weighted by Crippen LogP contribution is -2.58. The van der Waals surface area contributed by atoms with E-state index in [4.69, 9.17) is 5.73 Å². The molecule has 0 aromatic carbocycles. The Bertz CT molecular complexity index is 727. The monoisotopic (exact) mass is 400 g/mol. The summed E-state index contributed by atoms with van der Waals surface area (Å²) >= 11 is 0. The number of anilines is 1. The second-order valence-electron chi connectivity index (χ2n) is 8.32. The number of aromatic nitrogens is 1. The number of alkyl halides is 3. The first kappa shape index (κ1) is 20.9. The number of hydrogen-bond donors (Lipinski definition) is 2. The summed E-state index contributed by atoms with van der Waals surface area (Å²) in [6.07, 6.45) is -1.62. The molecular formula is C19H27F3N4O2. The maximum atomic E-state index is 13.3.